The highest BCUT2D eigenvalue weighted by Gasteiger charge is 2.11. The standard InChI is InChI=1S/C15H17ClN2O3/c1-19-9-4-5-11(17)12(6-9)18-13-8-14(20-2)10(16)7-15(13)21-3/h4-8,18H,17H2,1-3H3. The minimum absolute atomic E-state index is 0.471. The van der Waals surface area contributed by atoms with Crippen molar-refractivity contribution in [1.82, 2.24) is 0 Å². The Morgan fingerprint density at radius 1 is 0.905 bits per heavy atom. The van der Waals surface area contributed by atoms with Crippen LogP contribution in [0, 0.1) is 0 Å². The largest absolute Gasteiger partial charge is 0.497 e. The third-order valence-electron chi connectivity index (χ3n) is 3.00. The summed E-state index contributed by atoms with van der Waals surface area (Å²) < 4.78 is 15.7. The number of benzene rings is 2. The highest BCUT2D eigenvalue weighted by molar-refractivity contribution is 6.32. The van der Waals surface area contributed by atoms with Crippen LogP contribution in [0.15, 0.2) is 30.3 Å². The molecule has 0 aliphatic carbocycles. The number of ether oxygens (including phenoxy) is 3. The summed E-state index contributed by atoms with van der Waals surface area (Å²) in [5, 5.41) is 3.67. The molecule has 2 aromatic rings. The number of methoxy groups -OCH3 is 3. The summed E-state index contributed by atoms with van der Waals surface area (Å²) in [5.74, 6) is 1.83. The van der Waals surface area contributed by atoms with Gasteiger partial charge in [-0.05, 0) is 12.1 Å². The van der Waals surface area contributed by atoms with E-state index in [0.29, 0.717) is 39.3 Å². The van der Waals surface area contributed by atoms with Crippen molar-refractivity contribution in [3.05, 3.63) is 35.4 Å². The maximum absolute atomic E-state index is 6.08. The van der Waals surface area contributed by atoms with Crippen molar-refractivity contribution < 1.29 is 14.2 Å². The summed E-state index contributed by atoms with van der Waals surface area (Å²) in [5.41, 5.74) is 7.96. The molecular formula is C15H17ClN2O3. The minimum Gasteiger partial charge on any atom is -0.497 e. The molecule has 3 N–H and O–H groups in total. The van der Waals surface area contributed by atoms with Gasteiger partial charge >= 0.3 is 0 Å². The van der Waals surface area contributed by atoms with Gasteiger partial charge in [0.15, 0.2) is 0 Å². The van der Waals surface area contributed by atoms with Crippen LogP contribution < -0.4 is 25.3 Å². The summed E-state index contributed by atoms with van der Waals surface area (Å²) in [6.45, 7) is 0. The van der Waals surface area contributed by atoms with Crippen LogP contribution in [-0.2, 0) is 0 Å². The first kappa shape index (κ1) is 15.1. The van der Waals surface area contributed by atoms with Crippen molar-refractivity contribution in [2.24, 2.45) is 0 Å². The lowest BCUT2D eigenvalue weighted by Crippen LogP contribution is -2.00. The van der Waals surface area contributed by atoms with Crippen molar-refractivity contribution in [3.63, 3.8) is 0 Å². The molecule has 0 atom stereocenters. The molecule has 112 valence electrons. The highest BCUT2D eigenvalue weighted by atomic mass is 35.5. The summed E-state index contributed by atoms with van der Waals surface area (Å²) in [7, 11) is 4.72. The van der Waals surface area contributed by atoms with Gasteiger partial charge in [-0.1, -0.05) is 11.6 Å². The van der Waals surface area contributed by atoms with E-state index >= 15 is 0 Å². The monoisotopic (exact) mass is 308 g/mol. The van der Waals surface area contributed by atoms with Gasteiger partial charge in [-0.2, -0.15) is 0 Å². The van der Waals surface area contributed by atoms with Crippen molar-refractivity contribution >= 4 is 28.7 Å². The first-order valence-electron chi connectivity index (χ1n) is 6.21. The highest BCUT2D eigenvalue weighted by Crippen LogP contribution is 2.38. The zero-order valence-corrected chi connectivity index (χ0v) is 12.8. The van der Waals surface area contributed by atoms with Crippen molar-refractivity contribution in [1.29, 1.82) is 0 Å². The van der Waals surface area contributed by atoms with E-state index in [1.54, 1.807) is 51.7 Å². The number of hydrogen-bond acceptors (Lipinski definition) is 5. The van der Waals surface area contributed by atoms with E-state index in [2.05, 4.69) is 5.32 Å². The molecule has 6 heteroatoms. The van der Waals surface area contributed by atoms with Crippen LogP contribution in [0.2, 0.25) is 5.02 Å². The second kappa shape index (κ2) is 6.45. The molecule has 0 fully saturated rings. The quantitative estimate of drug-likeness (QED) is 0.825. The molecule has 0 saturated carbocycles. The topological polar surface area (TPSA) is 65.7 Å². The number of rotatable bonds is 5. The fourth-order valence-electron chi connectivity index (χ4n) is 1.87. The van der Waals surface area contributed by atoms with Crippen molar-refractivity contribution in [2.45, 2.75) is 0 Å². The van der Waals surface area contributed by atoms with Crippen LogP contribution in [0.1, 0.15) is 0 Å². The van der Waals surface area contributed by atoms with E-state index in [0.717, 1.165) is 0 Å². The molecule has 2 rings (SSSR count). The maximum Gasteiger partial charge on any atom is 0.144 e. The molecule has 0 unspecified atom stereocenters. The Morgan fingerprint density at radius 3 is 2.24 bits per heavy atom. The summed E-state index contributed by atoms with van der Waals surface area (Å²) in [6, 6.07) is 8.79. The number of anilines is 3. The van der Waals surface area contributed by atoms with Crippen molar-refractivity contribution in [3.8, 4) is 17.2 Å². The van der Waals surface area contributed by atoms with Gasteiger partial charge in [0.25, 0.3) is 0 Å². The zero-order chi connectivity index (χ0) is 15.4. The predicted octanol–water partition coefficient (Wildman–Crippen LogP) is 3.69. The number of hydrogen-bond donors (Lipinski definition) is 2. The smallest absolute Gasteiger partial charge is 0.144 e. The fraction of sp³-hybridized carbons (Fsp3) is 0.200. The number of nitrogens with two attached hydrogens (primary N) is 1. The van der Waals surface area contributed by atoms with Gasteiger partial charge in [0.05, 0.1) is 43.4 Å². The second-order valence-corrected chi connectivity index (χ2v) is 4.67. The molecule has 2 aromatic carbocycles. The fourth-order valence-corrected chi connectivity index (χ4v) is 2.10. The molecule has 0 spiro atoms. The van der Waals surface area contributed by atoms with Crippen LogP contribution in [-0.4, -0.2) is 21.3 Å². The molecule has 0 amide bonds. The summed E-state index contributed by atoms with van der Waals surface area (Å²) in [6.07, 6.45) is 0. The Kier molecular flexibility index (Phi) is 4.65. The summed E-state index contributed by atoms with van der Waals surface area (Å²) in [4.78, 5) is 0. The number of nitrogens with one attached hydrogen (secondary N) is 1. The SMILES string of the molecule is COc1ccc(N)c(Nc2cc(OC)c(Cl)cc2OC)c1. The Hall–Kier alpha value is -2.27. The molecule has 0 aliphatic rings. The van der Waals surface area contributed by atoms with Gasteiger partial charge in [0.1, 0.15) is 17.2 Å². The summed E-state index contributed by atoms with van der Waals surface area (Å²) >= 11 is 6.08. The first-order chi connectivity index (χ1) is 10.1. The average molecular weight is 309 g/mol. The van der Waals surface area contributed by atoms with Gasteiger partial charge < -0.3 is 25.3 Å². The lowest BCUT2D eigenvalue weighted by atomic mass is 10.2. The van der Waals surface area contributed by atoms with Crippen LogP contribution in [0.4, 0.5) is 17.1 Å². The van der Waals surface area contributed by atoms with E-state index in [4.69, 9.17) is 31.5 Å². The van der Waals surface area contributed by atoms with Gasteiger partial charge in [-0.25, -0.2) is 0 Å². The van der Waals surface area contributed by atoms with E-state index in [1.807, 2.05) is 0 Å². The number of halogens is 1. The molecular weight excluding hydrogens is 292 g/mol. The predicted molar refractivity (Wildman–Crippen MR) is 85.2 cm³/mol. The van der Waals surface area contributed by atoms with Crippen LogP contribution in [0.3, 0.4) is 0 Å². The van der Waals surface area contributed by atoms with Gasteiger partial charge in [0, 0.05) is 18.2 Å². The Morgan fingerprint density at radius 2 is 1.62 bits per heavy atom. The lowest BCUT2D eigenvalue weighted by Gasteiger charge is -2.15. The molecule has 0 aromatic heterocycles. The molecule has 21 heavy (non-hydrogen) atoms. The Bertz CT molecular complexity index is 647. The molecule has 0 saturated heterocycles. The van der Waals surface area contributed by atoms with Crippen LogP contribution in [0.25, 0.3) is 0 Å². The van der Waals surface area contributed by atoms with Gasteiger partial charge in [0.2, 0.25) is 0 Å². The molecule has 5 nitrogen and oxygen atoms in total. The first-order valence-corrected chi connectivity index (χ1v) is 6.59. The van der Waals surface area contributed by atoms with E-state index in [-0.39, 0.29) is 0 Å². The van der Waals surface area contributed by atoms with Gasteiger partial charge in [-0.3, -0.25) is 0 Å². The minimum atomic E-state index is 0.471. The normalized spacial score (nSPS) is 10.1. The van der Waals surface area contributed by atoms with Crippen LogP contribution in [0.5, 0.6) is 17.2 Å². The zero-order valence-electron chi connectivity index (χ0n) is 12.1. The molecule has 0 radical (unpaired) electrons. The van der Waals surface area contributed by atoms with E-state index in [1.165, 1.54) is 0 Å². The molecule has 0 heterocycles. The maximum atomic E-state index is 6.08. The van der Waals surface area contributed by atoms with Gasteiger partial charge in [-0.15, -0.1) is 0 Å². The number of nitrogen functional groups attached to an aromatic ring is 1. The third-order valence-corrected chi connectivity index (χ3v) is 3.30. The van der Waals surface area contributed by atoms with E-state index in [9.17, 15) is 0 Å². The molecule has 0 bridgehead atoms. The van der Waals surface area contributed by atoms with E-state index < -0.39 is 0 Å². The second-order valence-electron chi connectivity index (χ2n) is 4.27. The van der Waals surface area contributed by atoms with Crippen LogP contribution >= 0.6 is 11.6 Å². The Balaban J connectivity index is 2.43. The average Bonchev–Trinajstić information content (AvgIpc) is 2.50. The lowest BCUT2D eigenvalue weighted by molar-refractivity contribution is 0.405. The van der Waals surface area contributed by atoms with Crippen molar-refractivity contribution in [2.75, 3.05) is 32.4 Å². The Labute approximate surface area is 128 Å². The third kappa shape index (κ3) is 3.25. The molecule has 0 aliphatic heterocycles.